The quantitative estimate of drug-likeness (QED) is 0.236. The van der Waals surface area contributed by atoms with E-state index in [1.54, 1.807) is 52.7 Å². The van der Waals surface area contributed by atoms with E-state index in [-0.39, 0.29) is 23.4 Å². The van der Waals surface area contributed by atoms with Crippen molar-refractivity contribution in [3.8, 4) is 0 Å². The molecule has 2 aromatic carbocycles. The molecule has 0 aliphatic heterocycles. The first-order valence-electron chi connectivity index (χ1n) is 10.9. The first kappa shape index (κ1) is 24.6. The SMILES string of the molecule is CSc1ccc([C@H](O)[C@H](CO)CC(=O)c2ccc(F)c(NC(=O)c3cnc4ccccn34)c2)cc1. The average Bonchev–Trinajstić information content (AvgIpc) is 3.32. The Balaban J connectivity index is 1.49. The largest absolute Gasteiger partial charge is 0.396 e. The van der Waals surface area contributed by atoms with Crippen LogP contribution in [0.2, 0.25) is 0 Å². The number of pyridine rings is 1. The van der Waals surface area contributed by atoms with Crippen LogP contribution < -0.4 is 5.32 Å². The van der Waals surface area contributed by atoms with Gasteiger partial charge in [0, 0.05) is 35.6 Å². The second-order valence-electron chi connectivity index (χ2n) is 8.01. The van der Waals surface area contributed by atoms with E-state index in [4.69, 9.17) is 0 Å². The van der Waals surface area contributed by atoms with Crippen LogP contribution in [0.5, 0.6) is 0 Å². The molecule has 0 aliphatic rings. The third-order valence-corrected chi connectivity index (χ3v) is 6.52. The number of carbonyl (C=O) groups is 2. The van der Waals surface area contributed by atoms with Crippen molar-refractivity contribution < 1.29 is 24.2 Å². The Kier molecular flexibility index (Phi) is 7.60. The summed E-state index contributed by atoms with van der Waals surface area (Å²) in [5, 5.41) is 23.0. The Hall–Kier alpha value is -3.53. The van der Waals surface area contributed by atoms with Gasteiger partial charge >= 0.3 is 0 Å². The van der Waals surface area contributed by atoms with Crippen molar-refractivity contribution in [3.05, 3.63) is 95.7 Å². The van der Waals surface area contributed by atoms with Gasteiger partial charge in [-0.25, -0.2) is 9.37 Å². The molecule has 0 radical (unpaired) electrons. The summed E-state index contributed by atoms with van der Waals surface area (Å²) in [6.07, 6.45) is 3.79. The molecule has 2 heterocycles. The molecule has 4 rings (SSSR count). The van der Waals surface area contributed by atoms with Crippen LogP contribution in [0.3, 0.4) is 0 Å². The predicted octanol–water partition coefficient (Wildman–Crippen LogP) is 4.36. The molecule has 4 aromatic rings. The number of anilines is 1. The Labute approximate surface area is 205 Å². The van der Waals surface area contributed by atoms with E-state index < -0.39 is 36.1 Å². The summed E-state index contributed by atoms with van der Waals surface area (Å²) in [5.41, 5.74) is 1.38. The number of thioether (sulfide) groups is 1. The topological polar surface area (TPSA) is 104 Å². The molecule has 35 heavy (non-hydrogen) atoms. The van der Waals surface area contributed by atoms with Gasteiger partial charge in [0.25, 0.3) is 5.91 Å². The molecular weight excluding hydrogens is 469 g/mol. The van der Waals surface area contributed by atoms with Crippen LogP contribution in [0.4, 0.5) is 10.1 Å². The van der Waals surface area contributed by atoms with E-state index >= 15 is 0 Å². The number of fused-ring (bicyclic) bond motifs is 1. The lowest BCUT2D eigenvalue weighted by Crippen LogP contribution is -2.21. The van der Waals surface area contributed by atoms with Crippen molar-refractivity contribution >= 4 is 34.8 Å². The highest BCUT2D eigenvalue weighted by Gasteiger charge is 2.24. The highest BCUT2D eigenvalue weighted by molar-refractivity contribution is 7.98. The number of carbonyl (C=O) groups excluding carboxylic acids is 2. The van der Waals surface area contributed by atoms with Crippen molar-refractivity contribution in [2.24, 2.45) is 5.92 Å². The van der Waals surface area contributed by atoms with Gasteiger partial charge in [0.05, 0.1) is 18.0 Å². The minimum Gasteiger partial charge on any atom is -0.396 e. The van der Waals surface area contributed by atoms with Crippen LogP contribution in [0.1, 0.15) is 38.9 Å². The molecule has 9 heteroatoms. The fraction of sp³-hybridized carbons (Fsp3) is 0.192. The lowest BCUT2D eigenvalue weighted by molar-refractivity contribution is 0.0552. The highest BCUT2D eigenvalue weighted by Crippen LogP contribution is 2.28. The minimum atomic E-state index is -1.05. The number of rotatable bonds is 9. The van der Waals surface area contributed by atoms with E-state index in [1.165, 1.54) is 18.3 Å². The molecule has 0 bridgehead atoms. The number of aromatic nitrogens is 2. The summed E-state index contributed by atoms with van der Waals surface area (Å²) in [6, 6.07) is 16.2. The molecule has 1 amide bonds. The number of hydrogen-bond acceptors (Lipinski definition) is 6. The van der Waals surface area contributed by atoms with Crippen LogP contribution in [-0.2, 0) is 0 Å². The third kappa shape index (κ3) is 5.43. The van der Waals surface area contributed by atoms with Gasteiger partial charge in [-0.2, -0.15) is 0 Å². The Morgan fingerprint density at radius 3 is 2.63 bits per heavy atom. The summed E-state index contributed by atoms with van der Waals surface area (Å²) in [7, 11) is 0. The number of nitrogens with zero attached hydrogens (tertiary/aromatic N) is 2. The molecule has 0 saturated heterocycles. The smallest absolute Gasteiger partial charge is 0.274 e. The van der Waals surface area contributed by atoms with Crippen LogP contribution in [0, 0.1) is 11.7 Å². The molecule has 7 nitrogen and oxygen atoms in total. The maximum atomic E-state index is 14.5. The van der Waals surface area contributed by atoms with Crippen molar-refractivity contribution in [2.75, 3.05) is 18.2 Å². The molecular formula is C26H24FN3O4S. The van der Waals surface area contributed by atoms with Crippen LogP contribution in [0.25, 0.3) is 5.65 Å². The second-order valence-corrected chi connectivity index (χ2v) is 8.89. The Morgan fingerprint density at radius 2 is 1.91 bits per heavy atom. The zero-order chi connectivity index (χ0) is 24.9. The predicted molar refractivity (Wildman–Crippen MR) is 132 cm³/mol. The van der Waals surface area contributed by atoms with Gasteiger partial charge in [-0.3, -0.25) is 14.0 Å². The number of Topliss-reactive ketones (excluding diaryl/α,β-unsaturated/α-hetero) is 1. The highest BCUT2D eigenvalue weighted by atomic mass is 32.2. The maximum absolute atomic E-state index is 14.5. The number of halogens is 1. The van der Waals surface area contributed by atoms with Gasteiger partial charge in [-0.05, 0) is 54.3 Å². The molecule has 0 unspecified atom stereocenters. The molecule has 3 N–H and O–H groups in total. The standard InChI is InChI=1S/C26H24FN3O4S/c1-35-19-8-5-16(6-9-19)25(33)18(15-31)13-23(32)17-7-10-20(27)21(12-17)29-26(34)22-14-28-24-4-2-3-11-30(22)24/h2-12,14,18,25,31,33H,13,15H2,1H3,(H,29,34)/t18-,25-/m0/s1. The number of nitrogens with one attached hydrogen (secondary N) is 1. The van der Waals surface area contributed by atoms with Crippen LogP contribution in [0.15, 0.2) is 78.0 Å². The van der Waals surface area contributed by atoms with Crippen molar-refractivity contribution in [2.45, 2.75) is 17.4 Å². The van der Waals surface area contributed by atoms with E-state index in [9.17, 15) is 24.2 Å². The van der Waals surface area contributed by atoms with E-state index in [1.807, 2.05) is 18.4 Å². The molecule has 2 aromatic heterocycles. The fourth-order valence-electron chi connectivity index (χ4n) is 3.79. The number of hydrogen-bond donors (Lipinski definition) is 3. The monoisotopic (exact) mass is 493 g/mol. The molecule has 0 saturated carbocycles. The number of imidazole rings is 1. The molecule has 0 spiro atoms. The number of aliphatic hydroxyl groups excluding tert-OH is 2. The van der Waals surface area contributed by atoms with Crippen LogP contribution >= 0.6 is 11.8 Å². The zero-order valence-corrected chi connectivity index (χ0v) is 19.7. The molecule has 0 aliphatic carbocycles. The molecule has 2 atom stereocenters. The van der Waals surface area contributed by atoms with Crippen LogP contribution in [-0.4, -0.2) is 44.2 Å². The van der Waals surface area contributed by atoms with Gasteiger partial charge in [-0.15, -0.1) is 11.8 Å². The Morgan fingerprint density at radius 1 is 1.14 bits per heavy atom. The van der Waals surface area contributed by atoms with Gasteiger partial charge in [-0.1, -0.05) is 18.2 Å². The Bertz CT molecular complexity index is 1360. The fourth-order valence-corrected chi connectivity index (χ4v) is 4.19. The summed E-state index contributed by atoms with van der Waals surface area (Å²) in [4.78, 5) is 30.9. The van der Waals surface area contributed by atoms with E-state index in [0.717, 1.165) is 11.0 Å². The van der Waals surface area contributed by atoms with Gasteiger partial charge in [0.1, 0.15) is 17.2 Å². The summed E-state index contributed by atoms with van der Waals surface area (Å²) < 4.78 is 16.0. The van der Waals surface area contributed by atoms with Crippen molar-refractivity contribution in [3.63, 3.8) is 0 Å². The average molecular weight is 494 g/mol. The number of benzene rings is 2. The molecule has 180 valence electrons. The summed E-state index contributed by atoms with van der Waals surface area (Å²) in [5.74, 6) is -2.42. The lowest BCUT2D eigenvalue weighted by Gasteiger charge is -2.21. The third-order valence-electron chi connectivity index (χ3n) is 5.77. The maximum Gasteiger partial charge on any atom is 0.274 e. The number of aliphatic hydroxyl groups is 2. The number of amides is 1. The normalized spacial score (nSPS) is 12.9. The van der Waals surface area contributed by atoms with Gasteiger partial charge in [0.2, 0.25) is 0 Å². The van der Waals surface area contributed by atoms with Crippen molar-refractivity contribution in [1.82, 2.24) is 9.38 Å². The summed E-state index contributed by atoms with van der Waals surface area (Å²) >= 11 is 1.57. The van der Waals surface area contributed by atoms with E-state index in [2.05, 4.69) is 10.3 Å². The van der Waals surface area contributed by atoms with E-state index in [0.29, 0.717) is 11.2 Å². The minimum absolute atomic E-state index is 0.152. The lowest BCUT2D eigenvalue weighted by atomic mass is 9.90. The summed E-state index contributed by atoms with van der Waals surface area (Å²) in [6.45, 7) is -0.406. The zero-order valence-electron chi connectivity index (χ0n) is 18.9. The van der Waals surface area contributed by atoms with Gasteiger partial charge in [0.15, 0.2) is 5.78 Å². The van der Waals surface area contributed by atoms with Crippen molar-refractivity contribution in [1.29, 1.82) is 0 Å². The number of ketones is 1. The first-order chi connectivity index (χ1) is 16.9. The first-order valence-corrected chi connectivity index (χ1v) is 12.1. The second kappa shape index (κ2) is 10.8. The van der Waals surface area contributed by atoms with Gasteiger partial charge < -0.3 is 15.5 Å². The molecule has 0 fully saturated rings.